The summed E-state index contributed by atoms with van der Waals surface area (Å²) < 4.78 is 0. The number of amides is 2. The molecule has 0 aliphatic rings. The van der Waals surface area contributed by atoms with E-state index in [1.807, 2.05) is 44.2 Å². The molecule has 0 spiro atoms. The van der Waals surface area contributed by atoms with Crippen molar-refractivity contribution in [2.24, 2.45) is 5.73 Å². The second-order valence-electron chi connectivity index (χ2n) is 5.86. The van der Waals surface area contributed by atoms with E-state index in [1.165, 1.54) is 0 Å². The molecule has 0 fully saturated rings. The molecular formula is C19H24ClN3O2. The molecule has 0 heterocycles. The molecule has 5 nitrogen and oxygen atoms in total. The van der Waals surface area contributed by atoms with E-state index < -0.39 is 0 Å². The summed E-state index contributed by atoms with van der Waals surface area (Å²) in [5.41, 5.74) is 8.44. The lowest BCUT2D eigenvalue weighted by Gasteiger charge is -2.14. The number of hydrogen-bond donors (Lipinski definition) is 3. The third-order valence-corrected chi connectivity index (χ3v) is 3.72. The number of rotatable bonds is 6. The van der Waals surface area contributed by atoms with Crippen LogP contribution in [0.25, 0.3) is 0 Å². The van der Waals surface area contributed by atoms with Crippen molar-refractivity contribution in [1.29, 1.82) is 0 Å². The van der Waals surface area contributed by atoms with E-state index >= 15 is 0 Å². The topological polar surface area (TPSA) is 84.2 Å². The minimum atomic E-state index is -0.181. The van der Waals surface area contributed by atoms with Gasteiger partial charge in [0.05, 0.1) is 0 Å². The van der Waals surface area contributed by atoms with Crippen molar-refractivity contribution in [2.75, 3.05) is 10.6 Å². The molecule has 0 radical (unpaired) electrons. The Morgan fingerprint density at radius 1 is 1.00 bits per heavy atom. The van der Waals surface area contributed by atoms with Crippen molar-refractivity contribution in [3.05, 3.63) is 59.7 Å². The summed E-state index contributed by atoms with van der Waals surface area (Å²) in [5.74, 6) is -0.263. The molecule has 0 aliphatic carbocycles. The van der Waals surface area contributed by atoms with Gasteiger partial charge in [0, 0.05) is 29.4 Å². The van der Waals surface area contributed by atoms with Crippen LogP contribution >= 0.6 is 12.4 Å². The molecule has 0 aromatic heterocycles. The van der Waals surface area contributed by atoms with Crippen molar-refractivity contribution in [3.8, 4) is 0 Å². The fourth-order valence-electron chi connectivity index (χ4n) is 2.26. The van der Waals surface area contributed by atoms with Crippen LogP contribution in [0, 0.1) is 6.92 Å². The van der Waals surface area contributed by atoms with Gasteiger partial charge in [-0.15, -0.1) is 12.4 Å². The molecule has 4 N–H and O–H groups in total. The highest BCUT2D eigenvalue weighted by molar-refractivity contribution is 6.05. The van der Waals surface area contributed by atoms with E-state index in [9.17, 15) is 9.59 Å². The zero-order valence-electron chi connectivity index (χ0n) is 14.4. The number of hydrogen-bond acceptors (Lipinski definition) is 3. The normalized spacial score (nSPS) is 11.2. The van der Waals surface area contributed by atoms with E-state index in [0.717, 1.165) is 5.56 Å². The van der Waals surface area contributed by atoms with Gasteiger partial charge in [-0.25, -0.2) is 0 Å². The fraction of sp³-hybridized carbons (Fsp3) is 0.263. The third-order valence-electron chi connectivity index (χ3n) is 3.72. The minimum Gasteiger partial charge on any atom is -0.328 e. The largest absolute Gasteiger partial charge is 0.328 e. The molecule has 1 atom stereocenters. The second-order valence-corrected chi connectivity index (χ2v) is 5.86. The molecule has 2 rings (SSSR count). The zero-order chi connectivity index (χ0) is 17.5. The van der Waals surface area contributed by atoms with Crippen LogP contribution < -0.4 is 16.4 Å². The molecule has 0 aliphatic heterocycles. The maximum absolute atomic E-state index is 12.3. The predicted octanol–water partition coefficient (Wildman–Crippen LogP) is 3.74. The van der Waals surface area contributed by atoms with Gasteiger partial charge in [-0.3, -0.25) is 9.59 Å². The van der Waals surface area contributed by atoms with Gasteiger partial charge in [-0.05, 0) is 50.1 Å². The van der Waals surface area contributed by atoms with Crippen LogP contribution in [0.1, 0.15) is 35.7 Å². The van der Waals surface area contributed by atoms with Crippen LogP contribution in [-0.2, 0) is 4.79 Å². The Bertz CT molecular complexity index is 718. The molecule has 0 saturated heterocycles. The van der Waals surface area contributed by atoms with Crippen molar-refractivity contribution in [3.63, 3.8) is 0 Å². The molecule has 1 unspecified atom stereocenters. The zero-order valence-corrected chi connectivity index (χ0v) is 15.2. The van der Waals surface area contributed by atoms with Crippen LogP contribution in [0.15, 0.2) is 48.5 Å². The molecule has 0 saturated carbocycles. The van der Waals surface area contributed by atoms with Crippen LogP contribution in [0.4, 0.5) is 11.4 Å². The Hall–Kier alpha value is -2.37. The molecule has 0 bridgehead atoms. The number of nitrogens with two attached hydrogens (primary N) is 1. The first-order valence-electron chi connectivity index (χ1n) is 7.99. The van der Waals surface area contributed by atoms with Crippen molar-refractivity contribution in [1.82, 2.24) is 0 Å². The van der Waals surface area contributed by atoms with E-state index in [1.54, 1.807) is 18.2 Å². The summed E-state index contributed by atoms with van der Waals surface area (Å²) in [6.07, 6.45) is 1.01. The molecule has 2 amide bonds. The van der Waals surface area contributed by atoms with E-state index in [-0.39, 0.29) is 30.3 Å². The predicted molar refractivity (Wildman–Crippen MR) is 104 cm³/mol. The van der Waals surface area contributed by atoms with Gasteiger partial charge in [-0.2, -0.15) is 0 Å². The number of anilines is 2. The van der Waals surface area contributed by atoms with E-state index in [0.29, 0.717) is 29.8 Å². The highest BCUT2D eigenvalue weighted by Crippen LogP contribution is 2.24. The molecular weight excluding hydrogens is 338 g/mol. The number of halogens is 1. The van der Waals surface area contributed by atoms with Gasteiger partial charge in [0.1, 0.15) is 0 Å². The summed E-state index contributed by atoms with van der Waals surface area (Å²) in [6, 6.07) is 14.4. The van der Waals surface area contributed by atoms with Crippen molar-refractivity contribution < 1.29 is 9.59 Å². The highest BCUT2D eigenvalue weighted by atomic mass is 35.5. The van der Waals surface area contributed by atoms with Crippen molar-refractivity contribution >= 4 is 35.6 Å². The van der Waals surface area contributed by atoms with E-state index in [2.05, 4.69) is 10.6 Å². The maximum atomic E-state index is 12.3. The van der Waals surface area contributed by atoms with Gasteiger partial charge in [0.25, 0.3) is 5.91 Å². The molecule has 134 valence electrons. The smallest absolute Gasteiger partial charge is 0.255 e. The minimum absolute atomic E-state index is 0. The van der Waals surface area contributed by atoms with Crippen LogP contribution in [0.5, 0.6) is 0 Å². The van der Waals surface area contributed by atoms with Crippen LogP contribution in [0.2, 0.25) is 0 Å². The average molecular weight is 362 g/mol. The average Bonchev–Trinajstić information content (AvgIpc) is 2.57. The molecule has 6 heteroatoms. The van der Waals surface area contributed by atoms with Gasteiger partial charge < -0.3 is 16.4 Å². The Labute approximate surface area is 154 Å². The summed E-state index contributed by atoms with van der Waals surface area (Å²) in [6.45, 7) is 3.74. The quantitative estimate of drug-likeness (QED) is 0.732. The Morgan fingerprint density at radius 2 is 1.60 bits per heavy atom. The first-order valence-corrected chi connectivity index (χ1v) is 7.99. The van der Waals surface area contributed by atoms with Gasteiger partial charge in [-0.1, -0.05) is 24.3 Å². The molecule has 2 aromatic rings. The summed E-state index contributed by atoms with van der Waals surface area (Å²) in [7, 11) is 0. The number of carbonyl (C=O) groups excluding carboxylic acids is 2. The Balaban J connectivity index is 0.00000312. The number of benzene rings is 2. The highest BCUT2D eigenvalue weighted by Gasteiger charge is 2.11. The molecule has 2 aromatic carbocycles. The van der Waals surface area contributed by atoms with Gasteiger partial charge in [0.15, 0.2) is 0 Å². The lowest BCUT2D eigenvalue weighted by Crippen LogP contribution is -2.20. The lowest BCUT2D eigenvalue weighted by molar-refractivity contribution is -0.116. The van der Waals surface area contributed by atoms with Gasteiger partial charge in [0.2, 0.25) is 5.91 Å². The SMILES string of the molecule is Cc1c(NC(=O)CCC(C)N)cccc1NC(=O)c1ccccc1.Cl. The second kappa shape index (κ2) is 9.81. The number of nitrogens with one attached hydrogen (secondary N) is 2. The van der Waals surface area contributed by atoms with Gasteiger partial charge >= 0.3 is 0 Å². The lowest BCUT2D eigenvalue weighted by atomic mass is 10.1. The monoisotopic (exact) mass is 361 g/mol. The molecule has 25 heavy (non-hydrogen) atoms. The first kappa shape index (κ1) is 20.7. The Kier molecular flexibility index (Phi) is 8.11. The summed E-state index contributed by atoms with van der Waals surface area (Å²) >= 11 is 0. The van der Waals surface area contributed by atoms with Crippen LogP contribution in [0.3, 0.4) is 0 Å². The van der Waals surface area contributed by atoms with E-state index in [4.69, 9.17) is 5.73 Å². The maximum Gasteiger partial charge on any atom is 0.255 e. The number of carbonyl (C=O) groups is 2. The Morgan fingerprint density at radius 3 is 2.20 bits per heavy atom. The summed E-state index contributed by atoms with van der Waals surface area (Å²) in [4.78, 5) is 24.2. The van der Waals surface area contributed by atoms with Crippen molar-refractivity contribution in [2.45, 2.75) is 32.7 Å². The fourth-order valence-corrected chi connectivity index (χ4v) is 2.26. The standard InChI is InChI=1S/C19H23N3O2.ClH/c1-13(20)11-12-18(23)21-16-9-6-10-17(14(16)2)22-19(24)15-7-4-3-5-8-15;/h3-10,13H,11-12,20H2,1-2H3,(H,21,23)(H,22,24);1H. The summed E-state index contributed by atoms with van der Waals surface area (Å²) in [5, 5.41) is 5.75. The third kappa shape index (κ3) is 6.21. The first-order chi connectivity index (χ1) is 11.5. The van der Waals surface area contributed by atoms with Crippen LogP contribution in [-0.4, -0.2) is 17.9 Å².